The van der Waals surface area contributed by atoms with Crippen LogP contribution >= 0.6 is 0 Å². The first-order valence-electron chi connectivity index (χ1n) is 5.64. The number of fused-ring (bicyclic) bond motifs is 1. The molecule has 0 aromatic heterocycles. The SMILES string of the molecule is CCCNc1ccc([N+](=O)[O-])c2ccccc12. The van der Waals surface area contributed by atoms with Crippen LogP contribution in [-0.2, 0) is 0 Å². The maximum Gasteiger partial charge on any atom is 0.277 e. The average Bonchev–Trinajstić information content (AvgIpc) is 2.35. The number of benzene rings is 2. The van der Waals surface area contributed by atoms with Crippen LogP contribution in [0, 0.1) is 10.1 Å². The number of nitro groups is 1. The Bertz CT molecular complexity index is 552. The monoisotopic (exact) mass is 230 g/mol. The van der Waals surface area contributed by atoms with Gasteiger partial charge in [-0.15, -0.1) is 0 Å². The molecule has 17 heavy (non-hydrogen) atoms. The summed E-state index contributed by atoms with van der Waals surface area (Å²) in [5.74, 6) is 0. The Morgan fingerprint density at radius 2 is 1.88 bits per heavy atom. The van der Waals surface area contributed by atoms with Crippen molar-refractivity contribution in [3.8, 4) is 0 Å². The lowest BCUT2D eigenvalue weighted by atomic mass is 10.1. The van der Waals surface area contributed by atoms with E-state index in [9.17, 15) is 10.1 Å². The van der Waals surface area contributed by atoms with E-state index >= 15 is 0 Å². The molecule has 0 unspecified atom stereocenters. The molecule has 0 saturated heterocycles. The van der Waals surface area contributed by atoms with E-state index in [1.54, 1.807) is 18.2 Å². The molecular formula is C13H14N2O2. The second-order valence-corrected chi connectivity index (χ2v) is 3.86. The van der Waals surface area contributed by atoms with Crippen LogP contribution in [0.1, 0.15) is 13.3 Å². The van der Waals surface area contributed by atoms with Gasteiger partial charge in [-0.3, -0.25) is 10.1 Å². The summed E-state index contributed by atoms with van der Waals surface area (Å²) in [5.41, 5.74) is 1.11. The van der Waals surface area contributed by atoms with Crippen LogP contribution in [0.25, 0.3) is 10.8 Å². The molecule has 0 heterocycles. The summed E-state index contributed by atoms with van der Waals surface area (Å²) in [5, 5.41) is 15.8. The first-order valence-corrected chi connectivity index (χ1v) is 5.64. The molecule has 0 atom stereocenters. The van der Waals surface area contributed by atoms with Crippen molar-refractivity contribution >= 4 is 22.1 Å². The minimum atomic E-state index is -0.341. The van der Waals surface area contributed by atoms with E-state index in [4.69, 9.17) is 0 Å². The summed E-state index contributed by atoms with van der Waals surface area (Å²) in [6.07, 6.45) is 1.02. The van der Waals surface area contributed by atoms with Crippen LogP contribution in [0.5, 0.6) is 0 Å². The van der Waals surface area contributed by atoms with Gasteiger partial charge < -0.3 is 5.32 Å². The smallest absolute Gasteiger partial charge is 0.277 e. The molecule has 0 radical (unpaired) electrons. The lowest BCUT2D eigenvalue weighted by Gasteiger charge is -2.08. The van der Waals surface area contributed by atoms with E-state index in [2.05, 4.69) is 12.2 Å². The van der Waals surface area contributed by atoms with Crippen LogP contribution in [0.4, 0.5) is 11.4 Å². The normalized spacial score (nSPS) is 10.4. The fourth-order valence-corrected chi connectivity index (χ4v) is 1.86. The third-order valence-electron chi connectivity index (χ3n) is 2.66. The third-order valence-corrected chi connectivity index (χ3v) is 2.66. The van der Waals surface area contributed by atoms with Gasteiger partial charge in [0.2, 0.25) is 0 Å². The van der Waals surface area contributed by atoms with E-state index in [1.165, 1.54) is 0 Å². The summed E-state index contributed by atoms with van der Waals surface area (Å²) in [7, 11) is 0. The number of rotatable bonds is 4. The Balaban J connectivity index is 2.58. The van der Waals surface area contributed by atoms with E-state index in [-0.39, 0.29) is 10.6 Å². The molecule has 0 fully saturated rings. The molecular weight excluding hydrogens is 216 g/mol. The van der Waals surface area contributed by atoms with Crippen molar-refractivity contribution < 1.29 is 4.92 Å². The number of hydrogen-bond acceptors (Lipinski definition) is 3. The van der Waals surface area contributed by atoms with Crippen molar-refractivity contribution in [1.82, 2.24) is 0 Å². The lowest BCUT2D eigenvalue weighted by Crippen LogP contribution is -2.01. The third kappa shape index (κ3) is 2.20. The highest BCUT2D eigenvalue weighted by Crippen LogP contribution is 2.31. The van der Waals surface area contributed by atoms with Crippen molar-refractivity contribution in [2.24, 2.45) is 0 Å². The number of anilines is 1. The quantitative estimate of drug-likeness (QED) is 0.645. The topological polar surface area (TPSA) is 55.2 Å². The number of nitro benzene ring substituents is 1. The van der Waals surface area contributed by atoms with Gasteiger partial charge >= 0.3 is 0 Å². The predicted molar refractivity (Wildman–Crippen MR) is 69.4 cm³/mol. The van der Waals surface area contributed by atoms with Gasteiger partial charge in [-0.05, 0) is 18.6 Å². The van der Waals surface area contributed by atoms with Crippen molar-refractivity contribution in [2.45, 2.75) is 13.3 Å². The first kappa shape index (κ1) is 11.4. The predicted octanol–water partition coefficient (Wildman–Crippen LogP) is 3.57. The Hall–Kier alpha value is -2.10. The molecule has 88 valence electrons. The summed E-state index contributed by atoms with van der Waals surface area (Å²) < 4.78 is 0. The maximum absolute atomic E-state index is 10.9. The Morgan fingerprint density at radius 3 is 2.53 bits per heavy atom. The largest absolute Gasteiger partial charge is 0.385 e. The average molecular weight is 230 g/mol. The highest BCUT2D eigenvalue weighted by atomic mass is 16.6. The molecule has 0 bridgehead atoms. The second kappa shape index (κ2) is 4.82. The number of nitrogens with zero attached hydrogens (tertiary/aromatic N) is 1. The van der Waals surface area contributed by atoms with Crippen molar-refractivity contribution in [3.63, 3.8) is 0 Å². The van der Waals surface area contributed by atoms with Crippen molar-refractivity contribution in [3.05, 3.63) is 46.5 Å². The van der Waals surface area contributed by atoms with Crippen LogP contribution in [0.3, 0.4) is 0 Å². The lowest BCUT2D eigenvalue weighted by molar-refractivity contribution is -0.383. The van der Waals surface area contributed by atoms with Crippen LogP contribution in [0.15, 0.2) is 36.4 Å². The number of non-ortho nitro benzene ring substituents is 1. The highest BCUT2D eigenvalue weighted by molar-refractivity contribution is 5.99. The van der Waals surface area contributed by atoms with Gasteiger partial charge in [0.1, 0.15) is 0 Å². The van der Waals surface area contributed by atoms with Gasteiger partial charge in [-0.1, -0.05) is 25.1 Å². The summed E-state index contributed by atoms with van der Waals surface area (Å²) in [6, 6.07) is 10.7. The second-order valence-electron chi connectivity index (χ2n) is 3.86. The Labute approximate surface area is 99.4 Å². The van der Waals surface area contributed by atoms with Crippen LogP contribution < -0.4 is 5.32 Å². The van der Waals surface area contributed by atoms with E-state index in [0.717, 1.165) is 24.0 Å². The summed E-state index contributed by atoms with van der Waals surface area (Å²) in [4.78, 5) is 10.6. The molecule has 2 aromatic carbocycles. The Morgan fingerprint density at radius 1 is 1.18 bits per heavy atom. The molecule has 2 rings (SSSR count). The first-order chi connectivity index (χ1) is 8.24. The Kier molecular flexibility index (Phi) is 3.23. The molecule has 0 saturated carbocycles. The number of nitrogens with one attached hydrogen (secondary N) is 1. The van der Waals surface area contributed by atoms with Gasteiger partial charge in [0.25, 0.3) is 5.69 Å². The molecule has 0 aliphatic heterocycles. The van der Waals surface area contributed by atoms with Gasteiger partial charge in [0.15, 0.2) is 0 Å². The molecule has 1 N–H and O–H groups in total. The standard InChI is InChI=1S/C13H14N2O2/c1-2-9-14-12-7-8-13(15(16)17)11-6-4-3-5-10(11)12/h3-8,14H,2,9H2,1H3. The molecule has 0 aliphatic rings. The van der Waals surface area contributed by atoms with Crippen LogP contribution in [-0.4, -0.2) is 11.5 Å². The van der Waals surface area contributed by atoms with E-state index < -0.39 is 0 Å². The minimum Gasteiger partial charge on any atom is -0.385 e. The molecule has 0 spiro atoms. The molecule has 4 nitrogen and oxygen atoms in total. The van der Waals surface area contributed by atoms with Gasteiger partial charge in [-0.2, -0.15) is 0 Å². The molecule has 4 heteroatoms. The van der Waals surface area contributed by atoms with Crippen molar-refractivity contribution in [2.75, 3.05) is 11.9 Å². The number of hydrogen-bond donors (Lipinski definition) is 1. The van der Waals surface area contributed by atoms with Gasteiger partial charge in [-0.25, -0.2) is 0 Å². The van der Waals surface area contributed by atoms with Gasteiger partial charge in [0, 0.05) is 23.7 Å². The summed E-state index contributed by atoms with van der Waals surface area (Å²) >= 11 is 0. The fourth-order valence-electron chi connectivity index (χ4n) is 1.86. The minimum absolute atomic E-state index is 0.155. The maximum atomic E-state index is 10.9. The zero-order valence-electron chi connectivity index (χ0n) is 9.64. The van der Waals surface area contributed by atoms with Gasteiger partial charge in [0.05, 0.1) is 10.3 Å². The molecule has 0 aliphatic carbocycles. The molecule has 0 amide bonds. The summed E-state index contributed by atoms with van der Waals surface area (Å²) in [6.45, 7) is 2.95. The van der Waals surface area contributed by atoms with E-state index in [0.29, 0.717) is 5.39 Å². The van der Waals surface area contributed by atoms with Crippen molar-refractivity contribution in [1.29, 1.82) is 0 Å². The zero-order chi connectivity index (χ0) is 12.3. The van der Waals surface area contributed by atoms with E-state index in [1.807, 2.05) is 18.2 Å². The highest BCUT2D eigenvalue weighted by Gasteiger charge is 2.13. The van der Waals surface area contributed by atoms with Crippen LogP contribution in [0.2, 0.25) is 0 Å². The molecule has 2 aromatic rings. The zero-order valence-corrected chi connectivity index (χ0v) is 9.64. The fraction of sp³-hybridized carbons (Fsp3) is 0.231.